The summed E-state index contributed by atoms with van der Waals surface area (Å²) in [6.45, 7) is 5.32. The van der Waals surface area contributed by atoms with Crippen molar-refractivity contribution in [1.29, 1.82) is 0 Å². The smallest absolute Gasteiger partial charge is 0.243 e. The molecule has 21 heavy (non-hydrogen) atoms. The molecule has 1 saturated carbocycles. The maximum Gasteiger partial charge on any atom is 0.243 e. The summed E-state index contributed by atoms with van der Waals surface area (Å²) in [6.07, 6.45) is 6.30. The van der Waals surface area contributed by atoms with Crippen LogP contribution in [0.1, 0.15) is 46.0 Å². The zero-order valence-electron chi connectivity index (χ0n) is 13.8. The van der Waals surface area contributed by atoms with Gasteiger partial charge in [-0.15, -0.1) is 24.0 Å². The van der Waals surface area contributed by atoms with Gasteiger partial charge in [0.15, 0.2) is 5.96 Å². The average Bonchev–Trinajstić information content (AvgIpc) is 2.44. The molecule has 1 aliphatic rings. The predicted octanol–water partition coefficient (Wildman–Crippen LogP) is 2.22. The number of likely N-dealkylation sites (N-methyl/N-ethyl adjacent to an activating group) is 1. The van der Waals surface area contributed by atoms with E-state index in [1.54, 1.807) is 19.0 Å². The van der Waals surface area contributed by atoms with Gasteiger partial charge in [0.25, 0.3) is 0 Å². The normalized spacial score (nSPS) is 22.2. The maximum absolute atomic E-state index is 11.6. The number of rotatable bonds is 5. The van der Waals surface area contributed by atoms with Gasteiger partial charge in [-0.1, -0.05) is 26.2 Å². The van der Waals surface area contributed by atoms with Crippen molar-refractivity contribution in [1.82, 2.24) is 15.5 Å². The Bertz CT molecular complexity index is 334. The van der Waals surface area contributed by atoms with E-state index in [2.05, 4.69) is 22.5 Å². The zero-order valence-corrected chi connectivity index (χ0v) is 16.1. The molecule has 6 heteroatoms. The largest absolute Gasteiger partial charge is 0.357 e. The highest BCUT2D eigenvalue weighted by molar-refractivity contribution is 14.0. The summed E-state index contributed by atoms with van der Waals surface area (Å²) in [5.41, 5.74) is 0. The monoisotopic (exact) mass is 410 g/mol. The number of carbonyl (C=O) groups excluding carboxylic acids is 1. The van der Waals surface area contributed by atoms with Crippen LogP contribution in [-0.4, -0.2) is 50.0 Å². The Morgan fingerprint density at radius 3 is 2.57 bits per heavy atom. The SMILES string of the molecule is CCNC(=NCC(=O)N(C)C)NC1CCCC(CC)C1.I. The number of guanidine groups is 1. The molecular weight excluding hydrogens is 379 g/mol. The van der Waals surface area contributed by atoms with Crippen LogP contribution in [0, 0.1) is 5.92 Å². The standard InChI is InChI=1S/C15H30N4O.HI/c1-5-12-8-7-9-13(10-12)18-15(16-6-2)17-11-14(20)19(3)4;/h12-13H,5-11H2,1-4H3,(H2,16,17,18);1H. The Morgan fingerprint density at radius 2 is 2.00 bits per heavy atom. The van der Waals surface area contributed by atoms with Crippen molar-refractivity contribution in [2.75, 3.05) is 27.2 Å². The van der Waals surface area contributed by atoms with Gasteiger partial charge in [0.2, 0.25) is 5.91 Å². The predicted molar refractivity (Wildman–Crippen MR) is 99.3 cm³/mol. The first-order valence-corrected chi connectivity index (χ1v) is 7.81. The Kier molecular flexibility index (Phi) is 10.8. The molecule has 1 aliphatic carbocycles. The van der Waals surface area contributed by atoms with E-state index in [9.17, 15) is 4.79 Å². The van der Waals surface area contributed by atoms with E-state index in [0.717, 1.165) is 18.4 Å². The quantitative estimate of drug-likeness (QED) is 0.415. The number of halogens is 1. The molecule has 0 bridgehead atoms. The van der Waals surface area contributed by atoms with Crippen molar-refractivity contribution in [3.05, 3.63) is 0 Å². The highest BCUT2D eigenvalue weighted by Crippen LogP contribution is 2.26. The summed E-state index contributed by atoms with van der Waals surface area (Å²) in [4.78, 5) is 17.6. The van der Waals surface area contributed by atoms with E-state index < -0.39 is 0 Å². The summed E-state index contributed by atoms with van der Waals surface area (Å²) in [5.74, 6) is 1.62. The Hall–Kier alpha value is -0.530. The van der Waals surface area contributed by atoms with Gasteiger partial charge in [0, 0.05) is 26.7 Å². The van der Waals surface area contributed by atoms with Gasteiger partial charge >= 0.3 is 0 Å². The third-order valence-corrected chi connectivity index (χ3v) is 3.92. The fourth-order valence-corrected chi connectivity index (χ4v) is 2.59. The summed E-state index contributed by atoms with van der Waals surface area (Å²) < 4.78 is 0. The molecule has 0 spiro atoms. The lowest BCUT2D eigenvalue weighted by Gasteiger charge is -2.30. The molecule has 0 saturated heterocycles. The molecule has 2 N–H and O–H groups in total. The molecule has 0 radical (unpaired) electrons. The third kappa shape index (κ3) is 7.87. The van der Waals surface area contributed by atoms with E-state index in [4.69, 9.17) is 0 Å². The molecule has 5 nitrogen and oxygen atoms in total. The summed E-state index contributed by atoms with van der Waals surface area (Å²) in [5, 5.41) is 6.71. The molecule has 0 aromatic carbocycles. The number of carbonyl (C=O) groups is 1. The van der Waals surface area contributed by atoms with Gasteiger partial charge in [-0.3, -0.25) is 4.79 Å². The molecule has 1 rings (SSSR count). The minimum Gasteiger partial charge on any atom is -0.357 e. The number of nitrogens with zero attached hydrogens (tertiary/aromatic N) is 2. The molecule has 0 aromatic rings. The fourth-order valence-electron chi connectivity index (χ4n) is 2.59. The van der Waals surface area contributed by atoms with Crippen LogP contribution in [0.3, 0.4) is 0 Å². The van der Waals surface area contributed by atoms with Crippen LogP contribution in [0.25, 0.3) is 0 Å². The van der Waals surface area contributed by atoms with E-state index in [1.807, 2.05) is 6.92 Å². The third-order valence-electron chi connectivity index (χ3n) is 3.92. The number of hydrogen-bond donors (Lipinski definition) is 2. The highest BCUT2D eigenvalue weighted by atomic mass is 127. The van der Waals surface area contributed by atoms with Gasteiger partial charge in [0.1, 0.15) is 6.54 Å². The van der Waals surface area contributed by atoms with Crippen molar-refractivity contribution < 1.29 is 4.79 Å². The zero-order chi connectivity index (χ0) is 15.0. The van der Waals surface area contributed by atoms with Crippen LogP contribution < -0.4 is 10.6 Å². The van der Waals surface area contributed by atoms with E-state index >= 15 is 0 Å². The topological polar surface area (TPSA) is 56.7 Å². The number of hydrogen-bond acceptors (Lipinski definition) is 2. The summed E-state index contributed by atoms with van der Waals surface area (Å²) in [7, 11) is 3.51. The van der Waals surface area contributed by atoms with Crippen LogP contribution in [0.4, 0.5) is 0 Å². The van der Waals surface area contributed by atoms with Gasteiger partial charge in [-0.2, -0.15) is 0 Å². The van der Waals surface area contributed by atoms with Gasteiger partial charge in [0.05, 0.1) is 0 Å². The van der Waals surface area contributed by atoms with Crippen LogP contribution in [0.2, 0.25) is 0 Å². The second-order valence-corrected chi connectivity index (χ2v) is 5.77. The lowest BCUT2D eigenvalue weighted by molar-refractivity contribution is -0.127. The molecule has 2 unspecified atom stereocenters. The highest BCUT2D eigenvalue weighted by Gasteiger charge is 2.21. The molecule has 1 fully saturated rings. The lowest BCUT2D eigenvalue weighted by Crippen LogP contribution is -2.45. The van der Waals surface area contributed by atoms with E-state index in [0.29, 0.717) is 6.04 Å². The minimum atomic E-state index is 0. The molecular formula is C15H31IN4O. The second-order valence-electron chi connectivity index (χ2n) is 5.77. The Morgan fingerprint density at radius 1 is 1.29 bits per heavy atom. The lowest BCUT2D eigenvalue weighted by atomic mass is 9.84. The van der Waals surface area contributed by atoms with Crippen molar-refractivity contribution in [2.24, 2.45) is 10.9 Å². The molecule has 124 valence electrons. The van der Waals surface area contributed by atoms with Crippen molar-refractivity contribution >= 4 is 35.8 Å². The van der Waals surface area contributed by atoms with Crippen LogP contribution in [-0.2, 0) is 4.79 Å². The number of amides is 1. The minimum absolute atomic E-state index is 0. The maximum atomic E-state index is 11.6. The fraction of sp³-hybridized carbons (Fsp3) is 0.867. The van der Waals surface area contributed by atoms with Crippen LogP contribution in [0.15, 0.2) is 4.99 Å². The Labute approximate surface area is 146 Å². The second kappa shape index (κ2) is 11.1. The average molecular weight is 410 g/mol. The van der Waals surface area contributed by atoms with E-state index in [1.165, 1.54) is 32.1 Å². The summed E-state index contributed by atoms with van der Waals surface area (Å²) >= 11 is 0. The van der Waals surface area contributed by atoms with Crippen molar-refractivity contribution in [3.8, 4) is 0 Å². The van der Waals surface area contributed by atoms with Crippen LogP contribution in [0.5, 0.6) is 0 Å². The van der Waals surface area contributed by atoms with Crippen molar-refractivity contribution in [2.45, 2.75) is 52.0 Å². The molecule has 0 aromatic heterocycles. The Balaban J connectivity index is 0.00000400. The van der Waals surface area contributed by atoms with Gasteiger partial charge in [-0.05, 0) is 25.7 Å². The molecule has 2 atom stereocenters. The first-order chi connectivity index (χ1) is 9.56. The van der Waals surface area contributed by atoms with E-state index in [-0.39, 0.29) is 36.4 Å². The van der Waals surface area contributed by atoms with Crippen molar-refractivity contribution in [3.63, 3.8) is 0 Å². The summed E-state index contributed by atoms with van der Waals surface area (Å²) in [6, 6.07) is 0.487. The van der Waals surface area contributed by atoms with Crippen LogP contribution >= 0.6 is 24.0 Å². The number of nitrogens with one attached hydrogen (secondary N) is 2. The van der Waals surface area contributed by atoms with Gasteiger partial charge in [-0.25, -0.2) is 4.99 Å². The molecule has 0 heterocycles. The molecule has 1 amide bonds. The first kappa shape index (κ1) is 20.5. The number of aliphatic imine (C=N–C) groups is 1. The first-order valence-electron chi connectivity index (χ1n) is 7.81. The van der Waals surface area contributed by atoms with Gasteiger partial charge < -0.3 is 15.5 Å². The molecule has 0 aliphatic heterocycles.